The second-order valence-electron chi connectivity index (χ2n) is 8.94. The molecule has 2 amide bonds. The molecule has 38 heavy (non-hydrogen) atoms. The molecule has 0 unspecified atom stereocenters. The number of halogens is 1. The van der Waals surface area contributed by atoms with Gasteiger partial charge in [-0.2, -0.15) is 4.31 Å². The van der Waals surface area contributed by atoms with Gasteiger partial charge in [0.05, 0.1) is 19.9 Å². The van der Waals surface area contributed by atoms with Crippen LogP contribution in [0.15, 0.2) is 78.9 Å². The van der Waals surface area contributed by atoms with Crippen LogP contribution in [0.3, 0.4) is 0 Å². The number of hydrogen-bond acceptors (Lipinski definition) is 5. The summed E-state index contributed by atoms with van der Waals surface area (Å²) in [5.74, 6) is -0.186. The molecule has 8 nitrogen and oxygen atoms in total. The highest BCUT2D eigenvalue weighted by atomic mass is 35.5. The van der Waals surface area contributed by atoms with Gasteiger partial charge in [0.2, 0.25) is 21.8 Å². The summed E-state index contributed by atoms with van der Waals surface area (Å²) < 4.78 is 30.3. The van der Waals surface area contributed by atoms with Gasteiger partial charge in [0.25, 0.3) is 0 Å². The van der Waals surface area contributed by atoms with Crippen molar-refractivity contribution in [2.75, 3.05) is 27.0 Å². The van der Waals surface area contributed by atoms with Gasteiger partial charge in [0.15, 0.2) is 0 Å². The van der Waals surface area contributed by atoms with Crippen LogP contribution in [0, 0.1) is 0 Å². The third kappa shape index (κ3) is 8.58. The predicted molar refractivity (Wildman–Crippen MR) is 148 cm³/mol. The quantitative estimate of drug-likeness (QED) is 0.368. The Kier molecular flexibility index (Phi) is 10.3. The summed E-state index contributed by atoms with van der Waals surface area (Å²) in [6, 6.07) is 22.8. The standard InChI is InChI=1S/C28H32ClN3O5S/c1-31(38(3,35)36)20-27(33)32(19-23-11-15-25(37-2)16-12-23)26(17-21-7-5-4-6-8-21)28(34)30-18-22-9-13-24(29)14-10-22/h4-16,26H,17-20H2,1-3H3,(H,30,34)/t26-/m1/s1. The second kappa shape index (κ2) is 13.4. The summed E-state index contributed by atoms with van der Waals surface area (Å²) in [6.45, 7) is -0.0495. The van der Waals surface area contributed by atoms with E-state index < -0.39 is 28.5 Å². The van der Waals surface area contributed by atoms with Gasteiger partial charge in [-0.15, -0.1) is 0 Å². The molecule has 0 aliphatic heterocycles. The van der Waals surface area contributed by atoms with Crippen molar-refractivity contribution in [3.05, 3.63) is 101 Å². The predicted octanol–water partition coefficient (Wildman–Crippen LogP) is 3.50. The van der Waals surface area contributed by atoms with Gasteiger partial charge >= 0.3 is 0 Å². The van der Waals surface area contributed by atoms with Crippen LogP contribution in [0.4, 0.5) is 0 Å². The Morgan fingerprint density at radius 3 is 2.11 bits per heavy atom. The molecule has 10 heteroatoms. The molecular weight excluding hydrogens is 526 g/mol. The first kappa shape index (κ1) is 29.2. The largest absolute Gasteiger partial charge is 0.497 e. The molecule has 0 saturated carbocycles. The fourth-order valence-electron chi connectivity index (χ4n) is 3.79. The summed E-state index contributed by atoms with van der Waals surface area (Å²) >= 11 is 5.97. The molecule has 3 rings (SSSR count). The molecule has 202 valence electrons. The van der Waals surface area contributed by atoms with Crippen LogP contribution in [-0.2, 0) is 39.1 Å². The molecule has 1 N–H and O–H groups in total. The lowest BCUT2D eigenvalue weighted by molar-refractivity contribution is -0.141. The Morgan fingerprint density at radius 2 is 1.53 bits per heavy atom. The molecule has 0 spiro atoms. The molecule has 0 aromatic heterocycles. The average Bonchev–Trinajstić information content (AvgIpc) is 2.90. The highest BCUT2D eigenvalue weighted by Crippen LogP contribution is 2.18. The van der Waals surface area contributed by atoms with Crippen LogP contribution in [0.5, 0.6) is 5.75 Å². The van der Waals surface area contributed by atoms with Crippen LogP contribution in [0.1, 0.15) is 16.7 Å². The summed E-state index contributed by atoms with van der Waals surface area (Å²) in [7, 11) is -0.709. The maximum Gasteiger partial charge on any atom is 0.243 e. The van der Waals surface area contributed by atoms with E-state index in [1.807, 2.05) is 54.6 Å². The first-order valence-corrected chi connectivity index (χ1v) is 14.2. The van der Waals surface area contributed by atoms with E-state index in [1.54, 1.807) is 31.4 Å². The summed E-state index contributed by atoms with van der Waals surface area (Å²) in [6.07, 6.45) is 1.28. The second-order valence-corrected chi connectivity index (χ2v) is 11.5. The van der Waals surface area contributed by atoms with Crippen molar-refractivity contribution in [3.8, 4) is 5.75 Å². The number of nitrogens with one attached hydrogen (secondary N) is 1. The van der Waals surface area contributed by atoms with E-state index in [1.165, 1.54) is 11.9 Å². The average molecular weight is 558 g/mol. The minimum atomic E-state index is -3.61. The van der Waals surface area contributed by atoms with Crippen molar-refractivity contribution in [2.45, 2.75) is 25.6 Å². The summed E-state index contributed by atoms with van der Waals surface area (Å²) in [5.41, 5.74) is 2.49. The fourth-order valence-corrected chi connectivity index (χ4v) is 4.26. The molecule has 0 bridgehead atoms. The third-order valence-electron chi connectivity index (χ3n) is 6.09. The number of likely N-dealkylation sites (N-methyl/N-ethyl adjacent to an activating group) is 1. The lowest BCUT2D eigenvalue weighted by Gasteiger charge is -2.32. The van der Waals surface area contributed by atoms with Gasteiger partial charge in [0, 0.05) is 31.6 Å². The lowest BCUT2D eigenvalue weighted by Crippen LogP contribution is -2.52. The molecule has 3 aromatic carbocycles. The lowest BCUT2D eigenvalue weighted by atomic mass is 10.0. The van der Waals surface area contributed by atoms with Gasteiger partial charge in [0.1, 0.15) is 11.8 Å². The summed E-state index contributed by atoms with van der Waals surface area (Å²) in [4.78, 5) is 28.6. The summed E-state index contributed by atoms with van der Waals surface area (Å²) in [5, 5.41) is 3.52. The number of rotatable bonds is 12. The maximum atomic E-state index is 13.6. The van der Waals surface area contributed by atoms with Crippen LogP contribution in [-0.4, -0.2) is 62.4 Å². The van der Waals surface area contributed by atoms with E-state index in [0.717, 1.165) is 27.3 Å². The highest BCUT2D eigenvalue weighted by molar-refractivity contribution is 7.88. The van der Waals surface area contributed by atoms with Gasteiger partial charge in [-0.3, -0.25) is 9.59 Å². The Bertz CT molecular complexity index is 1320. The van der Waals surface area contributed by atoms with Crippen molar-refractivity contribution >= 4 is 33.4 Å². The Labute approximate surface area is 229 Å². The molecule has 0 aliphatic rings. The topological polar surface area (TPSA) is 96.0 Å². The number of sulfonamides is 1. The van der Waals surface area contributed by atoms with Gasteiger partial charge in [-0.25, -0.2) is 8.42 Å². The maximum absolute atomic E-state index is 13.6. The van der Waals surface area contributed by atoms with E-state index in [-0.39, 0.29) is 25.4 Å². The first-order valence-electron chi connectivity index (χ1n) is 12.0. The molecule has 3 aromatic rings. The monoisotopic (exact) mass is 557 g/mol. The van der Waals surface area contributed by atoms with Crippen LogP contribution < -0.4 is 10.1 Å². The molecule has 1 atom stereocenters. The number of amides is 2. The molecule has 0 radical (unpaired) electrons. The molecule has 0 saturated heterocycles. The van der Waals surface area contributed by atoms with Crippen LogP contribution in [0.2, 0.25) is 5.02 Å². The fraction of sp³-hybridized carbons (Fsp3) is 0.286. The van der Waals surface area contributed by atoms with E-state index in [9.17, 15) is 18.0 Å². The van der Waals surface area contributed by atoms with Crippen molar-refractivity contribution in [2.24, 2.45) is 0 Å². The SMILES string of the molecule is COc1ccc(CN(C(=O)CN(C)S(C)(=O)=O)[C@H](Cc2ccccc2)C(=O)NCc2ccc(Cl)cc2)cc1. The Hall–Kier alpha value is -3.40. The molecule has 0 fully saturated rings. The Morgan fingerprint density at radius 1 is 0.921 bits per heavy atom. The number of benzene rings is 3. The minimum Gasteiger partial charge on any atom is -0.497 e. The van der Waals surface area contributed by atoms with Gasteiger partial charge < -0.3 is 15.0 Å². The van der Waals surface area contributed by atoms with Gasteiger partial charge in [-0.1, -0.05) is 66.2 Å². The normalized spacial score (nSPS) is 12.1. The number of methoxy groups -OCH3 is 1. The Balaban J connectivity index is 1.94. The zero-order valence-electron chi connectivity index (χ0n) is 21.6. The minimum absolute atomic E-state index is 0.103. The highest BCUT2D eigenvalue weighted by Gasteiger charge is 2.31. The number of nitrogens with zero attached hydrogens (tertiary/aromatic N) is 2. The van der Waals surface area contributed by atoms with Crippen molar-refractivity contribution in [1.82, 2.24) is 14.5 Å². The number of ether oxygens (including phenoxy) is 1. The molecule has 0 aliphatic carbocycles. The molecular formula is C28H32ClN3O5S. The number of carbonyl (C=O) groups is 2. The van der Waals surface area contributed by atoms with E-state index in [2.05, 4.69) is 5.32 Å². The zero-order chi connectivity index (χ0) is 27.7. The van der Waals surface area contributed by atoms with Crippen LogP contribution in [0.25, 0.3) is 0 Å². The zero-order valence-corrected chi connectivity index (χ0v) is 23.2. The third-order valence-corrected chi connectivity index (χ3v) is 7.60. The number of hydrogen-bond donors (Lipinski definition) is 1. The van der Waals surface area contributed by atoms with E-state index in [4.69, 9.17) is 16.3 Å². The van der Waals surface area contributed by atoms with E-state index in [0.29, 0.717) is 10.8 Å². The van der Waals surface area contributed by atoms with Crippen molar-refractivity contribution in [1.29, 1.82) is 0 Å². The van der Waals surface area contributed by atoms with Crippen LogP contribution >= 0.6 is 11.6 Å². The number of carbonyl (C=O) groups excluding carboxylic acids is 2. The van der Waals surface area contributed by atoms with Gasteiger partial charge in [-0.05, 0) is 41.0 Å². The molecule has 0 heterocycles. The smallest absolute Gasteiger partial charge is 0.243 e. The van der Waals surface area contributed by atoms with Crippen molar-refractivity contribution < 1.29 is 22.7 Å². The van der Waals surface area contributed by atoms with Crippen molar-refractivity contribution in [3.63, 3.8) is 0 Å². The van der Waals surface area contributed by atoms with E-state index >= 15 is 0 Å². The first-order chi connectivity index (χ1) is 18.1.